The minimum Gasteiger partial charge on any atom is -0.464 e. The Bertz CT molecular complexity index is 1020. The molecule has 0 saturated carbocycles. The van der Waals surface area contributed by atoms with Gasteiger partial charge in [0.05, 0.1) is 31.3 Å². The number of fused-ring (bicyclic) bond motifs is 1. The largest absolute Gasteiger partial charge is 0.464 e. The van der Waals surface area contributed by atoms with Gasteiger partial charge in [-0.3, -0.25) is 19.8 Å². The zero-order valence-electron chi connectivity index (χ0n) is 15.5. The van der Waals surface area contributed by atoms with Gasteiger partial charge in [-0.1, -0.05) is 6.92 Å². The van der Waals surface area contributed by atoms with E-state index < -0.39 is 12.0 Å². The number of aromatic amines is 1. The van der Waals surface area contributed by atoms with Crippen LogP contribution in [0.4, 0.5) is 4.79 Å². The predicted molar refractivity (Wildman–Crippen MR) is 104 cm³/mol. The first-order chi connectivity index (χ1) is 13.5. The standard InChI is InChI=1S/C18H20N4O5S/c1-3-22(9-14(23)21-18(25)26-4-2)8-13-19-16(24)15-11(10-28-17(15)20-13)12-6-5-7-27-12/h5-7,10H,3-4,8-9H2,1-2H3,(H,19,20,24)(H,21,23,25). The van der Waals surface area contributed by atoms with E-state index in [2.05, 4.69) is 20.0 Å². The number of H-pyrrole nitrogens is 1. The number of carbonyl (C=O) groups is 2. The summed E-state index contributed by atoms with van der Waals surface area (Å²) in [6.07, 6.45) is 0.774. The average Bonchev–Trinajstić information content (AvgIpc) is 3.30. The zero-order chi connectivity index (χ0) is 20.1. The second-order valence-electron chi connectivity index (χ2n) is 5.89. The molecule has 28 heavy (non-hydrogen) atoms. The fraction of sp³-hybridized carbons (Fsp3) is 0.333. The van der Waals surface area contributed by atoms with Gasteiger partial charge in [0.25, 0.3) is 5.56 Å². The summed E-state index contributed by atoms with van der Waals surface area (Å²) in [5.74, 6) is 0.563. The molecular formula is C18H20N4O5S. The van der Waals surface area contributed by atoms with Crippen LogP contribution in [0, 0.1) is 0 Å². The van der Waals surface area contributed by atoms with Crippen LogP contribution in [0.5, 0.6) is 0 Å². The van der Waals surface area contributed by atoms with Gasteiger partial charge >= 0.3 is 6.09 Å². The maximum absolute atomic E-state index is 12.6. The minimum absolute atomic E-state index is 0.0286. The third-order valence-corrected chi connectivity index (χ3v) is 4.86. The van der Waals surface area contributed by atoms with Gasteiger partial charge in [0.1, 0.15) is 16.4 Å². The molecule has 3 aromatic rings. The van der Waals surface area contributed by atoms with Gasteiger partial charge < -0.3 is 14.1 Å². The molecule has 0 aliphatic carbocycles. The highest BCUT2D eigenvalue weighted by Gasteiger charge is 2.17. The Labute approximate surface area is 164 Å². The molecule has 9 nitrogen and oxygen atoms in total. The van der Waals surface area contributed by atoms with E-state index in [0.29, 0.717) is 33.9 Å². The van der Waals surface area contributed by atoms with Crippen molar-refractivity contribution in [3.8, 4) is 11.3 Å². The Hall–Kier alpha value is -2.98. The minimum atomic E-state index is -0.777. The summed E-state index contributed by atoms with van der Waals surface area (Å²) < 4.78 is 10.1. The first-order valence-electron chi connectivity index (χ1n) is 8.75. The van der Waals surface area contributed by atoms with Crippen molar-refractivity contribution in [2.24, 2.45) is 0 Å². The van der Waals surface area contributed by atoms with Crippen LogP contribution in [0.25, 0.3) is 21.5 Å². The third-order valence-electron chi connectivity index (χ3n) is 3.98. The number of rotatable bonds is 7. The van der Waals surface area contributed by atoms with Gasteiger partial charge in [0.15, 0.2) is 0 Å². The molecule has 0 unspecified atom stereocenters. The van der Waals surface area contributed by atoms with Crippen LogP contribution >= 0.6 is 11.3 Å². The number of aromatic nitrogens is 2. The van der Waals surface area contributed by atoms with Crippen LogP contribution in [0.1, 0.15) is 19.7 Å². The number of hydrogen-bond donors (Lipinski definition) is 2. The lowest BCUT2D eigenvalue weighted by Gasteiger charge is -2.18. The van der Waals surface area contributed by atoms with Crippen molar-refractivity contribution in [3.63, 3.8) is 0 Å². The molecule has 0 radical (unpaired) electrons. The Morgan fingerprint density at radius 2 is 2.21 bits per heavy atom. The first kappa shape index (κ1) is 19.8. The quantitative estimate of drug-likeness (QED) is 0.620. The van der Waals surface area contributed by atoms with Crippen molar-refractivity contribution in [3.05, 3.63) is 40.0 Å². The van der Waals surface area contributed by atoms with Crippen molar-refractivity contribution in [1.29, 1.82) is 0 Å². The molecule has 0 aromatic carbocycles. The Morgan fingerprint density at radius 1 is 1.39 bits per heavy atom. The number of ether oxygens (including phenoxy) is 1. The summed E-state index contributed by atoms with van der Waals surface area (Å²) in [6.45, 7) is 4.46. The molecule has 2 amide bonds. The number of likely N-dealkylation sites (N-methyl/N-ethyl adjacent to an activating group) is 1. The zero-order valence-corrected chi connectivity index (χ0v) is 16.3. The number of carbonyl (C=O) groups excluding carboxylic acids is 2. The van der Waals surface area contributed by atoms with E-state index in [1.54, 1.807) is 30.2 Å². The summed E-state index contributed by atoms with van der Waals surface area (Å²) in [5, 5.41) is 4.46. The normalized spacial score (nSPS) is 11.1. The Kier molecular flexibility index (Phi) is 6.22. The predicted octanol–water partition coefficient (Wildman–Crippen LogP) is 2.34. The van der Waals surface area contributed by atoms with Crippen LogP contribution in [-0.2, 0) is 16.1 Å². The van der Waals surface area contributed by atoms with Gasteiger partial charge in [-0.05, 0) is 25.6 Å². The molecule has 3 rings (SSSR count). The van der Waals surface area contributed by atoms with Crippen LogP contribution in [0.2, 0.25) is 0 Å². The number of hydrogen-bond acceptors (Lipinski definition) is 8. The summed E-state index contributed by atoms with van der Waals surface area (Å²) in [7, 11) is 0. The molecule has 10 heteroatoms. The Balaban J connectivity index is 1.75. The fourth-order valence-electron chi connectivity index (χ4n) is 2.70. The van der Waals surface area contributed by atoms with Crippen LogP contribution in [0.3, 0.4) is 0 Å². The van der Waals surface area contributed by atoms with Crippen molar-refractivity contribution in [1.82, 2.24) is 20.2 Å². The number of imide groups is 1. The number of nitrogens with zero attached hydrogens (tertiary/aromatic N) is 2. The van der Waals surface area contributed by atoms with E-state index in [1.165, 1.54) is 11.3 Å². The topological polar surface area (TPSA) is 118 Å². The highest BCUT2D eigenvalue weighted by molar-refractivity contribution is 7.17. The molecule has 0 atom stereocenters. The molecule has 0 fully saturated rings. The summed E-state index contributed by atoms with van der Waals surface area (Å²) in [4.78, 5) is 45.5. The lowest BCUT2D eigenvalue weighted by atomic mass is 10.2. The SMILES string of the molecule is CCOC(=O)NC(=O)CN(CC)Cc1nc2scc(-c3ccco3)c2c(=O)[nH]1. The monoisotopic (exact) mass is 404 g/mol. The summed E-state index contributed by atoms with van der Waals surface area (Å²) in [5.41, 5.74) is 0.436. The lowest BCUT2D eigenvalue weighted by Crippen LogP contribution is -2.40. The molecule has 3 heterocycles. The molecule has 3 aromatic heterocycles. The van der Waals surface area contributed by atoms with Gasteiger partial charge in [-0.15, -0.1) is 11.3 Å². The van der Waals surface area contributed by atoms with Gasteiger partial charge in [-0.2, -0.15) is 0 Å². The van der Waals surface area contributed by atoms with E-state index in [9.17, 15) is 14.4 Å². The van der Waals surface area contributed by atoms with E-state index >= 15 is 0 Å². The number of nitrogens with one attached hydrogen (secondary N) is 2. The van der Waals surface area contributed by atoms with Crippen molar-refractivity contribution in [2.45, 2.75) is 20.4 Å². The highest BCUT2D eigenvalue weighted by Crippen LogP contribution is 2.30. The van der Waals surface area contributed by atoms with E-state index in [4.69, 9.17) is 4.42 Å². The molecule has 0 spiro atoms. The van der Waals surface area contributed by atoms with E-state index in [1.807, 2.05) is 12.3 Å². The molecule has 2 N–H and O–H groups in total. The molecular weight excluding hydrogens is 384 g/mol. The lowest BCUT2D eigenvalue weighted by molar-refractivity contribution is -0.121. The smallest absolute Gasteiger partial charge is 0.413 e. The van der Waals surface area contributed by atoms with Crippen LogP contribution in [0.15, 0.2) is 33.0 Å². The fourth-order valence-corrected chi connectivity index (χ4v) is 3.64. The number of furan rings is 1. The highest BCUT2D eigenvalue weighted by atomic mass is 32.1. The first-order valence-corrected chi connectivity index (χ1v) is 9.63. The average molecular weight is 404 g/mol. The van der Waals surface area contributed by atoms with Gasteiger partial charge in [0.2, 0.25) is 5.91 Å². The second kappa shape index (κ2) is 8.81. The number of alkyl carbamates (subject to hydrolysis) is 1. The molecule has 0 aliphatic heterocycles. The van der Waals surface area contributed by atoms with Crippen LogP contribution in [-0.4, -0.2) is 46.6 Å². The van der Waals surface area contributed by atoms with Gasteiger partial charge in [-0.25, -0.2) is 9.78 Å². The summed E-state index contributed by atoms with van der Waals surface area (Å²) in [6, 6.07) is 3.55. The van der Waals surface area contributed by atoms with Gasteiger partial charge in [0, 0.05) is 10.9 Å². The number of amides is 2. The second-order valence-corrected chi connectivity index (χ2v) is 6.75. The van der Waals surface area contributed by atoms with E-state index in [-0.39, 0.29) is 25.3 Å². The summed E-state index contributed by atoms with van der Waals surface area (Å²) >= 11 is 1.35. The van der Waals surface area contributed by atoms with Crippen molar-refractivity contribution < 1.29 is 18.7 Å². The third kappa shape index (κ3) is 4.46. The van der Waals surface area contributed by atoms with Crippen molar-refractivity contribution in [2.75, 3.05) is 19.7 Å². The molecule has 0 bridgehead atoms. The molecule has 0 aliphatic rings. The molecule has 148 valence electrons. The number of thiophene rings is 1. The van der Waals surface area contributed by atoms with Crippen molar-refractivity contribution >= 4 is 33.6 Å². The van der Waals surface area contributed by atoms with E-state index in [0.717, 1.165) is 0 Å². The van der Waals surface area contributed by atoms with Crippen LogP contribution < -0.4 is 10.9 Å². The maximum atomic E-state index is 12.6. The maximum Gasteiger partial charge on any atom is 0.413 e. The Morgan fingerprint density at radius 3 is 2.89 bits per heavy atom. The molecule has 0 saturated heterocycles.